The minimum atomic E-state index is -0.300. The average Bonchev–Trinajstić information content (AvgIpc) is 3.52. The van der Waals surface area contributed by atoms with Crippen molar-refractivity contribution in [3.63, 3.8) is 0 Å². The number of fused-ring (bicyclic) bond motifs is 2. The highest BCUT2D eigenvalue weighted by molar-refractivity contribution is 5.80. The van der Waals surface area contributed by atoms with Crippen molar-refractivity contribution < 1.29 is 14.3 Å². The van der Waals surface area contributed by atoms with Gasteiger partial charge in [0, 0.05) is 49.7 Å². The number of Topliss-reactive ketones (excluding diaryl/α,β-unsaturated/α-hetero) is 1. The molecule has 180 valence electrons. The highest BCUT2D eigenvalue weighted by Crippen LogP contribution is 2.55. The Balaban J connectivity index is 1.20. The Morgan fingerprint density at radius 3 is 2.74 bits per heavy atom. The van der Waals surface area contributed by atoms with Gasteiger partial charge in [0.2, 0.25) is 5.88 Å². The van der Waals surface area contributed by atoms with Crippen molar-refractivity contribution in [2.75, 3.05) is 26.7 Å². The molecule has 1 spiro atoms. The number of pyridine rings is 2. The van der Waals surface area contributed by atoms with Crippen molar-refractivity contribution in [3.05, 3.63) is 53.0 Å². The van der Waals surface area contributed by atoms with E-state index < -0.39 is 0 Å². The van der Waals surface area contributed by atoms with Gasteiger partial charge in [0.05, 0.1) is 13.2 Å². The van der Waals surface area contributed by atoms with Gasteiger partial charge in [-0.2, -0.15) is 0 Å². The highest BCUT2D eigenvalue weighted by Gasteiger charge is 2.47. The normalized spacial score (nSPS) is 19.3. The maximum atomic E-state index is 13.2. The zero-order valence-electron chi connectivity index (χ0n) is 20.3. The summed E-state index contributed by atoms with van der Waals surface area (Å²) >= 11 is 0. The first kappa shape index (κ1) is 22.8. The molecule has 1 aliphatic heterocycles. The minimum Gasteiger partial charge on any atom is -0.481 e. The van der Waals surface area contributed by atoms with Gasteiger partial charge in [0.15, 0.2) is 0 Å². The Hall–Kier alpha value is -2.96. The number of aryl methyl sites for hydroxylation is 2. The van der Waals surface area contributed by atoms with E-state index in [2.05, 4.69) is 17.1 Å². The first-order valence-corrected chi connectivity index (χ1v) is 12.5. The van der Waals surface area contributed by atoms with Crippen LogP contribution in [0.25, 0.3) is 0 Å². The average molecular weight is 463 g/mol. The summed E-state index contributed by atoms with van der Waals surface area (Å²) in [5.74, 6) is 0.571. The molecule has 2 aliphatic carbocycles. The van der Waals surface area contributed by atoms with Gasteiger partial charge in [-0.15, -0.1) is 0 Å². The summed E-state index contributed by atoms with van der Waals surface area (Å²) in [4.78, 5) is 38.2. The lowest BCUT2D eigenvalue weighted by Crippen LogP contribution is -2.36. The van der Waals surface area contributed by atoms with Gasteiger partial charge in [0.1, 0.15) is 5.78 Å². The van der Waals surface area contributed by atoms with Crippen molar-refractivity contribution in [1.82, 2.24) is 19.8 Å². The maximum absolute atomic E-state index is 13.2. The van der Waals surface area contributed by atoms with Crippen molar-refractivity contribution in [2.24, 2.45) is 0 Å². The second-order valence-corrected chi connectivity index (χ2v) is 10.1. The van der Waals surface area contributed by atoms with Crippen molar-refractivity contribution >= 4 is 11.8 Å². The van der Waals surface area contributed by atoms with E-state index in [-0.39, 0.29) is 24.3 Å². The number of ketones is 1. The smallest absolute Gasteiger partial charge is 0.320 e. The molecule has 0 N–H and O–H groups in total. The molecule has 1 atom stereocenters. The minimum absolute atomic E-state index is 0.00357. The van der Waals surface area contributed by atoms with Gasteiger partial charge < -0.3 is 14.5 Å². The predicted octanol–water partition coefficient (Wildman–Crippen LogP) is 4.24. The number of rotatable bonds is 9. The van der Waals surface area contributed by atoms with Gasteiger partial charge >= 0.3 is 6.03 Å². The lowest BCUT2D eigenvalue weighted by molar-refractivity contribution is -0.118. The van der Waals surface area contributed by atoms with Crippen LogP contribution in [0.15, 0.2) is 30.5 Å². The van der Waals surface area contributed by atoms with E-state index in [1.165, 1.54) is 36.9 Å². The van der Waals surface area contributed by atoms with Crippen LogP contribution in [0.3, 0.4) is 0 Å². The fraction of sp³-hybridized carbons (Fsp3) is 0.556. The highest BCUT2D eigenvalue weighted by atomic mass is 16.5. The second kappa shape index (κ2) is 9.35. The Kier molecular flexibility index (Phi) is 6.28. The third-order valence-corrected chi connectivity index (χ3v) is 7.72. The van der Waals surface area contributed by atoms with Crippen LogP contribution < -0.4 is 4.74 Å². The van der Waals surface area contributed by atoms with E-state index >= 15 is 0 Å². The van der Waals surface area contributed by atoms with E-state index in [9.17, 15) is 9.59 Å². The fourth-order valence-corrected chi connectivity index (χ4v) is 5.70. The molecule has 1 saturated heterocycles. The molecule has 3 heterocycles. The first-order chi connectivity index (χ1) is 16.5. The Bertz CT molecular complexity index is 1060. The summed E-state index contributed by atoms with van der Waals surface area (Å²) < 4.78 is 5.15. The third-order valence-electron chi connectivity index (χ3n) is 7.72. The molecule has 7 nitrogen and oxygen atoms in total. The second-order valence-electron chi connectivity index (χ2n) is 10.1. The van der Waals surface area contributed by atoms with Crippen LogP contribution >= 0.6 is 0 Å². The summed E-state index contributed by atoms with van der Waals surface area (Å²) in [6.45, 7) is 3.56. The first-order valence-electron chi connectivity index (χ1n) is 12.5. The number of hydrogen-bond acceptors (Lipinski definition) is 5. The van der Waals surface area contributed by atoms with Crippen LogP contribution in [0.1, 0.15) is 74.0 Å². The van der Waals surface area contributed by atoms with Crippen LogP contribution in [-0.2, 0) is 23.1 Å². The van der Waals surface area contributed by atoms with Gasteiger partial charge in [0.25, 0.3) is 0 Å². The summed E-state index contributed by atoms with van der Waals surface area (Å²) in [6, 6.07) is 7.88. The van der Waals surface area contributed by atoms with Crippen LogP contribution in [0, 0.1) is 0 Å². The van der Waals surface area contributed by atoms with Gasteiger partial charge in [-0.05, 0) is 74.5 Å². The lowest BCUT2D eigenvalue weighted by Gasteiger charge is -2.27. The number of urea groups is 1. The molecule has 0 radical (unpaired) electrons. The predicted molar refractivity (Wildman–Crippen MR) is 129 cm³/mol. The summed E-state index contributed by atoms with van der Waals surface area (Å²) in [5.41, 5.74) is 5.26. The molecule has 2 amide bonds. The number of amides is 2. The van der Waals surface area contributed by atoms with Gasteiger partial charge in [-0.25, -0.2) is 9.78 Å². The summed E-state index contributed by atoms with van der Waals surface area (Å²) in [5, 5.41) is 0. The Morgan fingerprint density at radius 1 is 1.18 bits per heavy atom. The molecular weight excluding hydrogens is 428 g/mol. The van der Waals surface area contributed by atoms with Gasteiger partial charge in [-0.1, -0.05) is 12.1 Å². The number of methoxy groups -OCH3 is 1. The molecule has 2 aromatic heterocycles. The Labute approximate surface area is 201 Å². The van der Waals surface area contributed by atoms with E-state index in [1.54, 1.807) is 26.3 Å². The van der Waals surface area contributed by atoms with Crippen LogP contribution in [-0.4, -0.2) is 58.3 Å². The molecule has 0 bridgehead atoms. The van der Waals surface area contributed by atoms with E-state index in [4.69, 9.17) is 9.72 Å². The van der Waals surface area contributed by atoms with E-state index in [0.717, 1.165) is 30.5 Å². The molecular formula is C27H34N4O3. The standard InChI is InChI=1S/C27H34N4O3/c1-19(32)17-24(20-7-10-25(34-2)28-18-20)31-16-15-30(26(31)33)14-4-5-21-8-9-22-23(29-21)6-3-11-27(22)12-13-27/h7-10,18,24H,3-6,11-17H2,1-2H3/t24-/m0/s1. The molecule has 34 heavy (non-hydrogen) atoms. The van der Waals surface area contributed by atoms with E-state index in [1.807, 2.05) is 15.9 Å². The molecule has 3 aliphatic rings. The van der Waals surface area contributed by atoms with E-state index in [0.29, 0.717) is 30.9 Å². The van der Waals surface area contributed by atoms with Crippen molar-refractivity contribution in [3.8, 4) is 5.88 Å². The third kappa shape index (κ3) is 4.52. The molecule has 2 aromatic rings. The zero-order valence-corrected chi connectivity index (χ0v) is 20.3. The molecule has 1 saturated carbocycles. The number of carbonyl (C=O) groups excluding carboxylic acids is 2. The number of aromatic nitrogens is 2. The maximum Gasteiger partial charge on any atom is 0.320 e. The SMILES string of the molecule is COc1ccc([C@H](CC(C)=O)N2CCN(CCCc3ccc4c(n3)CCCC43CC3)C2=O)cn1. The number of carbonyl (C=O) groups is 2. The van der Waals surface area contributed by atoms with Crippen LogP contribution in [0.4, 0.5) is 4.79 Å². The summed E-state index contributed by atoms with van der Waals surface area (Å²) in [6.07, 6.45) is 10.1. The molecule has 2 fully saturated rings. The lowest BCUT2D eigenvalue weighted by atomic mass is 9.82. The molecule has 7 heteroatoms. The topological polar surface area (TPSA) is 75.6 Å². The van der Waals surface area contributed by atoms with Crippen LogP contribution in [0.5, 0.6) is 5.88 Å². The molecule has 5 rings (SSSR count). The summed E-state index contributed by atoms with van der Waals surface area (Å²) in [7, 11) is 1.57. The molecule has 0 aromatic carbocycles. The van der Waals surface area contributed by atoms with Crippen molar-refractivity contribution in [2.45, 2.75) is 69.7 Å². The van der Waals surface area contributed by atoms with Crippen molar-refractivity contribution in [1.29, 1.82) is 0 Å². The fourth-order valence-electron chi connectivity index (χ4n) is 5.70. The number of hydrogen-bond donors (Lipinski definition) is 0. The molecule has 0 unspecified atom stereocenters. The Morgan fingerprint density at radius 2 is 2.03 bits per heavy atom. The van der Waals surface area contributed by atoms with Gasteiger partial charge in [-0.3, -0.25) is 9.78 Å². The number of ether oxygens (including phenoxy) is 1. The largest absolute Gasteiger partial charge is 0.481 e. The zero-order chi connectivity index (χ0) is 23.7. The van der Waals surface area contributed by atoms with Crippen LogP contribution in [0.2, 0.25) is 0 Å². The quantitative estimate of drug-likeness (QED) is 0.557. The monoisotopic (exact) mass is 462 g/mol. The number of nitrogens with zero attached hydrogens (tertiary/aromatic N) is 4.